The topological polar surface area (TPSA) is 92.5 Å². The monoisotopic (exact) mass is 341 g/mol. The van der Waals surface area contributed by atoms with Crippen LogP contribution >= 0.6 is 0 Å². The third kappa shape index (κ3) is 4.49. The van der Waals surface area contributed by atoms with Crippen LogP contribution in [0.25, 0.3) is 0 Å². The average molecular weight is 341 g/mol. The smallest absolute Gasteiger partial charge is 0.270 e. The van der Waals surface area contributed by atoms with Crippen molar-refractivity contribution in [3.63, 3.8) is 0 Å². The first-order valence-electron chi connectivity index (χ1n) is 7.79. The Bertz CT molecular complexity index is 654. The number of sulfonamides is 1. The molecule has 1 aromatic carbocycles. The molecule has 1 unspecified atom stereocenters. The SMILES string of the molecule is CC(C)C(CNS(=O)(=O)c1cccc([N+](=O)[O-])c1)N1CCCC1. The molecule has 1 aliphatic rings. The minimum atomic E-state index is -3.76. The van der Waals surface area contributed by atoms with Gasteiger partial charge in [0, 0.05) is 24.7 Å². The molecule has 128 valence electrons. The normalized spacial score (nSPS) is 17.5. The molecule has 0 spiro atoms. The van der Waals surface area contributed by atoms with Gasteiger partial charge in [-0.1, -0.05) is 19.9 Å². The Morgan fingerprint density at radius 3 is 2.52 bits per heavy atom. The van der Waals surface area contributed by atoms with Crippen molar-refractivity contribution in [2.45, 2.75) is 37.6 Å². The molecule has 0 radical (unpaired) electrons. The van der Waals surface area contributed by atoms with Gasteiger partial charge in [0.2, 0.25) is 10.0 Å². The fraction of sp³-hybridized carbons (Fsp3) is 0.600. The highest BCUT2D eigenvalue weighted by atomic mass is 32.2. The van der Waals surface area contributed by atoms with Crippen LogP contribution in [-0.4, -0.2) is 43.9 Å². The van der Waals surface area contributed by atoms with E-state index in [4.69, 9.17) is 0 Å². The van der Waals surface area contributed by atoms with E-state index in [0.717, 1.165) is 32.0 Å². The van der Waals surface area contributed by atoms with Gasteiger partial charge in [0.1, 0.15) is 0 Å². The molecule has 1 aromatic rings. The van der Waals surface area contributed by atoms with E-state index in [9.17, 15) is 18.5 Å². The molecule has 0 amide bonds. The van der Waals surface area contributed by atoms with Crippen molar-refractivity contribution in [3.05, 3.63) is 34.4 Å². The van der Waals surface area contributed by atoms with Crippen LogP contribution in [0.2, 0.25) is 0 Å². The summed E-state index contributed by atoms with van der Waals surface area (Å²) in [5, 5.41) is 10.8. The Balaban J connectivity index is 2.10. The van der Waals surface area contributed by atoms with Gasteiger partial charge in [-0.05, 0) is 37.9 Å². The molecule has 1 fully saturated rings. The van der Waals surface area contributed by atoms with Crippen LogP contribution in [0, 0.1) is 16.0 Å². The molecule has 1 N–H and O–H groups in total. The molecule has 1 atom stereocenters. The highest BCUT2D eigenvalue weighted by Crippen LogP contribution is 2.20. The van der Waals surface area contributed by atoms with Crippen LogP contribution in [-0.2, 0) is 10.0 Å². The maximum absolute atomic E-state index is 12.4. The summed E-state index contributed by atoms with van der Waals surface area (Å²) in [6.45, 7) is 6.43. The van der Waals surface area contributed by atoms with Crippen LogP contribution in [0.1, 0.15) is 26.7 Å². The maximum atomic E-state index is 12.4. The lowest BCUT2D eigenvalue weighted by Gasteiger charge is -2.30. The highest BCUT2D eigenvalue weighted by molar-refractivity contribution is 7.89. The molecule has 7 nitrogen and oxygen atoms in total. The molecule has 8 heteroatoms. The third-order valence-corrected chi connectivity index (χ3v) is 5.62. The van der Waals surface area contributed by atoms with Crippen molar-refractivity contribution in [3.8, 4) is 0 Å². The quantitative estimate of drug-likeness (QED) is 0.605. The van der Waals surface area contributed by atoms with Crippen molar-refractivity contribution in [1.29, 1.82) is 0 Å². The van der Waals surface area contributed by atoms with Crippen LogP contribution in [0.15, 0.2) is 29.2 Å². The van der Waals surface area contributed by atoms with Gasteiger partial charge >= 0.3 is 0 Å². The molecule has 0 aliphatic carbocycles. The van der Waals surface area contributed by atoms with Gasteiger partial charge in [-0.25, -0.2) is 13.1 Å². The highest BCUT2D eigenvalue weighted by Gasteiger charge is 2.26. The Labute approximate surface area is 136 Å². The van der Waals surface area contributed by atoms with E-state index in [-0.39, 0.29) is 16.6 Å². The largest absolute Gasteiger partial charge is 0.299 e. The summed E-state index contributed by atoms with van der Waals surface area (Å²) in [5.74, 6) is 0.320. The molecule has 23 heavy (non-hydrogen) atoms. The molecule has 0 saturated carbocycles. The zero-order valence-electron chi connectivity index (χ0n) is 13.4. The number of nitro benzene ring substituents is 1. The summed E-state index contributed by atoms with van der Waals surface area (Å²) in [6, 6.07) is 5.25. The number of rotatable bonds is 7. The first kappa shape index (κ1) is 17.8. The van der Waals surface area contributed by atoms with E-state index in [2.05, 4.69) is 23.5 Å². The first-order valence-corrected chi connectivity index (χ1v) is 9.28. The van der Waals surface area contributed by atoms with Gasteiger partial charge in [0.15, 0.2) is 0 Å². The van der Waals surface area contributed by atoms with Gasteiger partial charge in [0.05, 0.1) is 9.82 Å². The van der Waals surface area contributed by atoms with Gasteiger partial charge in [-0.3, -0.25) is 15.0 Å². The Hall–Kier alpha value is -1.51. The predicted molar refractivity (Wildman–Crippen MR) is 87.7 cm³/mol. The Morgan fingerprint density at radius 2 is 1.96 bits per heavy atom. The van der Waals surface area contributed by atoms with E-state index in [1.807, 2.05) is 0 Å². The van der Waals surface area contributed by atoms with Crippen molar-refractivity contribution in [2.75, 3.05) is 19.6 Å². The molecule has 1 heterocycles. The van der Waals surface area contributed by atoms with Crippen LogP contribution < -0.4 is 4.72 Å². The fourth-order valence-electron chi connectivity index (χ4n) is 2.90. The molecule has 2 rings (SSSR count). The van der Waals surface area contributed by atoms with E-state index in [1.165, 1.54) is 18.2 Å². The molecule has 0 bridgehead atoms. The lowest BCUT2D eigenvalue weighted by molar-refractivity contribution is -0.385. The number of hydrogen-bond donors (Lipinski definition) is 1. The fourth-order valence-corrected chi connectivity index (χ4v) is 3.99. The van der Waals surface area contributed by atoms with Crippen LogP contribution in [0.3, 0.4) is 0 Å². The molecular formula is C15H23N3O4S. The maximum Gasteiger partial charge on any atom is 0.270 e. The zero-order valence-corrected chi connectivity index (χ0v) is 14.3. The lowest BCUT2D eigenvalue weighted by Crippen LogP contribution is -2.45. The second-order valence-electron chi connectivity index (χ2n) is 6.16. The summed E-state index contributed by atoms with van der Waals surface area (Å²) in [5.41, 5.74) is -0.229. The number of likely N-dealkylation sites (tertiary alicyclic amines) is 1. The minimum absolute atomic E-state index is 0.0735. The zero-order chi connectivity index (χ0) is 17.0. The molecule has 1 saturated heterocycles. The van der Waals surface area contributed by atoms with Crippen molar-refractivity contribution < 1.29 is 13.3 Å². The average Bonchev–Trinajstić information content (AvgIpc) is 3.01. The van der Waals surface area contributed by atoms with E-state index in [1.54, 1.807) is 0 Å². The minimum Gasteiger partial charge on any atom is -0.299 e. The Kier molecular flexibility index (Phi) is 5.72. The van der Waals surface area contributed by atoms with Gasteiger partial charge in [-0.15, -0.1) is 0 Å². The summed E-state index contributed by atoms with van der Waals surface area (Å²) in [6.07, 6.45) is 2.28. The van der Waals surface area contributed by atoms with Crippen molar-refractivity contribution >= 4 is 15.7 Å². The molecular weight excluding hydrogens is 318 g/mol. The van der Waals surface area contributed by atoms with Gasteiger partial charge in [0.25, 0.3) is 5.69 Å². The summed E-state index contributed by atoms with van der Waals surface area (Å²) in [7, 11) is -3.76. The van der Waals surface area contributed by atoms with Gasteiger partial charge in [-0.2, -0.15) is 0 Å². The molecule has 0 aromatic heterocycles. The second kappa shape index (κ2) is 7.37. The van der Waals surface area contributed by atoms with Gasteiger partial charge < -0.3 is 0 Å². The standard InChI is InChI=1S/C15H23N3O4S/c1-12(2)15(17-8-3-4-9-17)11-16-23(21,22)14-7-5-6-13(10-14)18(19)20/h5-7,10,12,15-16H,3-4,8-9,11H2,1-2H3. The number of nitrogens with one attached hydrogen (secondary N) is 1. The number of nitro groups is 1. The predicted octanol–water partition coefficient (Wildman–Crippen LogP) is 1.99. The first-order chi connectivity index (χ1) is 10.8. The third-order valence-electron chi connectivity index (χ3n) is 4.20. The summed E-state index contributed by atoms with van der Waals surface area (Å²) >= 11 is 0. The van der Waals surface area contributed by atoms with Crippen molar-refractivity contribution in [1.82, 2.24) is 9.62 Å². The summed E-state index contributed by atoms with van der Waals surface area (Å²) in [4.78, 5) is 12.4. The van der Waals surface area contributed by atoms with E-state index < -0.39 is 14.9 Å². The van der Waals surface area contributed by atoms with Crippen LogP contribution in [0.4, 0.5) is 5.69 Å². The van der Waals surface area contributed by atoms with Crippen molar-refractivity contribution in [2.24, 2.45) is 5.92 Å². The van der Waals surface area contributed by atoms with Crippen LogP contribution in [0.5, 0.6) is 0 Å². The Morgan fingerprint density at radius 1 is 1.30 bits per heavy atom. The number of non-ortho nitro benzene ring substituents is 1. The van der Waals surface area contributed by atoms with E-state index >= 15 is 0 Å². The number of nitrogens with zero attached hydrogens (tertiary/aromatic N) is 2. The van der Waals surface area contributed by atoms with E-state index in [0.29, 0.717) is 12.5 Å². The summed E-state index contributed by atoms with van der Waals surface area (Å²) < 4.78 is 27.4. The second-order valence-corrected chi connectivity index (χ2v) is 7.93. The number of hydrogen-bond acceptors (Lipinski definition) is 5. The lowest BCUT2D eigenvalue weighted by atomic mass is 10.0. The number of benzene rings is 1. The molecule has 1 aliphatic heterocycles.